The number of nitrogens with zero attached hydrogens (tertiary/aromatic N) is 3. The van der Waals surface area contributed by atoms with Gasteiger partial charge in [-0.25, -0.2) is 13.1 Å². The SMILES string of the molecule is Cc1noc(C)c1S(=O)(=O)NCCC(=O)N1CCN(Cc2cccs2)CC1. The van der Waals surface area contributed by atoms with Crippen LogP contribution < -0.4 is 4.72 Å². The molecule has 1 saturated heterocycles. The summed E-state index contributed by atoms with van der Waals surface area (Å²) in [5, 5.41) is 5.73. The molecule has 10 heteroatoms. The average molecular weight is 413 g/mol. The quantitative estimate of drug-likeness (QED) is 0.738. The Morgan fingerprint density at radius 2 is 2.04 bits per heavy atom. The first-order valence-corrected chi connectivity index (χ1v) is 11.2. The summed E-state index contributed by atoms with van der Waals surface area (Å²) in [6, 6.07) is 4.16. The minimum atomic E-state index is -3.73. The number of nitrogens with one attached hydrogen (secondary N) is 1. The summed E-state index contributed by atoms with van der Waals surface area (Å²) < 4.78 is 32.1. The number of piperazine rings is 1. The summed E-state index contributed by atoms with van der Waals surface area (Å²) in [5.41, 5.74) is 0.313. The Balaban J connectivity index is 1.44. The van der Waals surface area contributed by atoms with Crippen LogP contribution in [0.15, 0.2) is 26.9 Å². The van der Waals surface area contributed by atoms with E-state index < -0.39 is 10.0 Å². The number of aryl methyl sites for hydroxylation is 2. The molecule has 1 fully saturated rings. The third kappa shape index (κ3) is 4.95. The molecule has 0 atom stereocenters. The van der Waals surface area contributed by atoms with Crippen molar-refractivity contribution < 1.29 is 17.7 Å². The molecule has 1 aliphatic heterocycles. The maximum absolute atomic E-state index is 12.4. The molecule has 1 aliphatic rings. The number of aromatic nitrogens is 1. The summed E-state index contributed by atoms with van der Waals surface area (Å²) >= 11 is 1.74. The Morgan fingerprint density at radius 3 is 2.63 bits per heavy atom. The molecule has 0 unspecified atom stereocenters. The fraction of sp³-hybridized carbons (Fsp3) is 0.529. The van der Waals surface area contributed by atoms with Crippen LogP contribution in [0.2, 0.25) is 0 Å². The first-order valence-electron chi connectivity index (χ1n) is 8.82. The van der Waals surface area contributed by atoms with Crippen LogP contribution in [-0.2, 0) is 21.4 Å². The molecule has 27 heavy (non-hydrogen) atoms. The lowest BCUT2D eigenvalue weighted by molar-refractivity contribution is -0.132. The highest BCUT2D eigenvalue weighted by Crippen LogP contribution is 2.18. The first kappa shape index (κ1) is 20.0. The van der Waals surface area contributed by atoms with Crippen molar-refractivity contribution in [2.45, 2.75) is 31.7 Å². The molecule has 0 bridgehead atoms. The van der Waals surface area contributed by atoms with E-state index in [0.29, 0.717) is 18.8 Å². The van der Waals surface area contributed by atoms with Crippen LogP contribution in [0.25, 0.3) is 0 Å². The van der Waals surface area contributed by atoms with Crippen molar-refractivity contribution in [1.29, 1.82) is 0 Å². The van der Waals surface area contributed by atoms with Crippen LogP contribution in [0.1, 0.15) is 22.8 Å². The zero-order valence-electron chi connectivity index (χ0n) is 15.5. The van der Waals surface area contributed by atoms with Gasteiger partial charge in [0.25, 0.3) is 0 Å². The standard InChI is InChI=1S/C17H24N4O4S2/c1-13-17(14(2)25-19-13)27(23,24)18-6-5-16(22)21-9-7-20(8-10-21)12-15-4-3-11-26-15/h3-4,11,18H,5-10,12H2,1-2H3. The van der Waals surface area contributed by atoms with E-state index in [9.17, 15) is 13.2 Å². The highest BCUT2D eigenvalue weighted by atomic mass is 32.2. The van der Waals surface area contributed by atoms with Gasteiger partial charge in [-0.1, -0.05) is 11.2 Å². The van der Waals surface area contributed by atoms with Gasteiger partial charge in [-0.15, -0.1) is 11.3 Å². The van der Waals surface area contributed by atoms with Crippen LogP contribution >= 0.6 is 11.3 Å². The van der Waals surface area contributed by atoms with Crippen molar-refractivity contribution >= 4 is 27.3 Å². The minimum Gasteiger partial charge on any atom is -0.360 e. The second-order valence-corrected chi connectivity index (χ2v) is 9.27. The predicted octanol–water partition coefficient (Wildman–Crippen LogP) is 1.37. The molecule has 2 aromatic rings. The fourth-order valence-corrected chi connectivity index (χ4v) is 5.26. The molecule has 0 spiro atoms. The second kappa shape index (κ2) is 8.51. The average Bonchev–Trinajstić information content (AvgIpc) is 3.25. The third-order valence-corrected chi connectivity index (χ3v) is 7.12. The highest BCUT2D eigenvalue weighted by Gasteiger charge is 2.25. The lowest BCUT2D eigenvalue weighted by Crippen LogP contribution is -2.48. The molecule has 1 amide bonds. The van der Waals surface area contributed by atoms with E-state index in [0.717, 1.165) is 19.6 Å². The molecule has 0 saturated carbocycles. The minimum absolute atomic E-state index is 0.0350. The number of amides is 1. The summed E-state index contributed by atoms with van der Waals surface area (Å²) in [7, 11) is -3.73. The van der Waals surface area contributed by atoms with Crippen molar-refractivity contribution in [2.24, 2.45) is 0 Å². The Hall–Kier alpha value is -1.75. The van der Waals surface area contributed by atoms with Crippen LogP contribution in [0.5, 0.6) is 0 Å². The van der Waals surface area contributed by atoms with Gasteiger partial charge in [-0.2, -0.15) is 0 Å². The molecular weight excluding hydrogens is 388 g/mol. The molecular formula is C17H24N4O4S2. The summed E-state index contributed by atoms with van der Waals surface area (Å²) in [6.07, 6.45) is 0.132. The number of hydrogen-bond acceptors (Lipinski definition) is 7. The molecule has 148 valence electrons. The maximum atomic E-state index is 12.4. The summed E-state index contributed by atoms with van der Waals surface area (Å²) in [6.45, 7) is 7.09. The van der Waals surface area contributed by atoms with Crippen molar-refractivity contribution in [1.82, 2.24) is 19.7 Å². The molecule has 3 heterocycles. The lowest BCUT2D eigenvalue weighted by Gasteiger charge is -2.34. The topological polar surface area (TPSA) is 95.8 Å². The van der Waals surface area contributed by atoms with Gasteiger partial charge >= 0.3 is 0 Å². The van der Waals surface area contributed by atoms with Crippen LogP contribution in [0.4, 0.5) is 0 Å². The zero-order chi connectivity index (χ0) is 19.4. The number of carbonyl (C=O) groups excluding carboxylic acids is 1. The number of rotatable bonds is 7. The Labute approximate surface area is 163 Å². The summed E-state index contributed by atoms with van der Waals surface area (Å²) in [4.78, 5) is 17.9. The van der Waals surface area contributed by atoms with Crippen molar-refractivity contribution in [3.63, 3.8) is 0 Å². The van der Waals surface area contributed by atoms with Crippen molar-refractivity contribution in [3.05, 3.63) is 33.8 Å². The third-order valence-electron chi connectivity index (χ3n) is 4.55. The molecule has 2 aromatic heterocycles. The van der Waals surface area contributed by atoms with E-state index >= 15 is 0 Å². The maximum Gasteiger partial charge on any atom is 0.245 e. The van der Waals surface area contributed by atoms with E-state index in [1.807, 2.05) is 6.07 Å². The largest absolute Gasteiger partial charge is 0.360 e. The first-order chi connectivity index (χ1) is 12.9. The summed E-state index contributed by atoms with van der Waals surface area (Å²) in [5.74, 6) is 0.209. The van der Waals surface area contributed by atoms with Gasteiger partial charge < -0.3 is 9.42 Å². The van der Waals surface area contributed by atoms with E-state index in [2.05, 4.69) is 26.2 Å². The smallest absolute Gasteiger partial charge is 0.245 e. The molecule has 8 nitrogen and oxygen atoms in total. The van der Waals surface area contributed by atoms with Gasteiger partial charge in [0.2, 0.25) is 15.9 Å². The van der Waals surface area contributed by atoms with Gasteiger partial charge in [0.1, 0.15) is 10.6 Å². The van der Waals surface area contributed by atoms with Gasteiger partial charge in [0.05, 0.1) is 0 Å². The number of hydrogen-bond donors (Lipinski definition) is 1. The lowest BCUT2D eigenvalue weighted by atomic mass is 10.2. The number of sulfonamides is 1. The van der Waals surface area contributed by atoms with Crippen LogP contribution in [0.3, 0.4) is 0 Å². The van der Waals surface area contributed by atoms with Crippen LogP contribution in [-0.4, -0.2) is 62.0 Å². The Morgan fingerprint density at radius 1 is 1.30 bits per heavy atom. The molecule has 0 radical (unpaired) electrons. The molecule has 0 aliphatic carbocycles. The van der Waals surface area contributed by atoms with Crippen molar-refractivity contribution in [3.8, 4) is 0 Å². The van der Waals surface area contributed by atoms with Crippen molar-refractivity contribution in [2.75, 3.05) is 32.7 Å². The van der Waals surface area contributed by atoms with Gasteiger partial charge in [0.15, 0.2) is 5.76 Å². The zero-order valence-corrected chi connectivity index (χ0v) is 17.1. The second-order valence-electron chi connectivity index (χ2n) is 6.54. The molecule has 3 rings (SSSR count). The normalized spacial score (nSPS) is 16.0. The van der Waals surface area contributed by atoms with E-state index in [1.165, 1.54) is 4.88 Å². The molecule has 1 N–H and O–H groups in total. The van der Waals surface area contributed by atoms with Gasteiger partial charge in [-0.3, -0.25) is 9.69 Å². The molecule has 0 aromatic carbocycles. The predicted molar refractivity (Wildman–Crippen MR) is 102 cm³/mol. The van der Waals surface area contributed by atoms with Crippen LogP contribution in [0, 0.1) is 13.8 Å². The monoisotopic (exact) mass is 412 g/mol. The van der Waals surface area contributed by atoms with E-state index in [-0.39, 0.29) is 29.5 Å². The number of carbonyl (C=O) groups is 1. The van der Waals surface area contributed by atoms with E-state index in [1.54, 1.807) is 30.1 Å². The highest BCUT2D eigenvalue weighted by molar-refractivity contribution is 7.89. The van der Waals surface area contributed by atoms with Gasteiger partial charge in [-0.05, 0) is 25.3 Å². The Bertz CT molecular complexity index is 849. The van der Waals surface area contributed by atoms with Gasteiger partial charge in [0, 0.05) is 50.6 Å². The fourth-order valence-electron chi connectivity index (χ4n) is 3.16. The Kier molecular flexibility index (Phi) is 6.30. The van der Waals surface area contributed by atoms with E-state index in [4.69, 9.17) is 4.52 Å². The number of thiophene rings is 1.